The SMILES string of the molecule is O=C1NCCc2cn(Cc3ccccc3F)nc21. The molecule has 0 saturated carbocycles. The second-order valence-electron chi connectivity index (χ2n) is 4.30. The fourth-order valence-corrected chi connectivity index (χ4v) is 2.11. The summed E-state index contributed by atoms with van der Waals surface area (Å²) in [6.45, 7) is 0.976. The van der Waals surface area contributed by atoms with Crippen LogP contribution in [0.25, 0.3) is 0 Å². The average molecular weight is 245 g/mol. The molecule has 0 saturated heterocycles. The van der Waals surface area contributed by atoms with Crippen LogP contribution in [0.5, 0.6) is 0 Å². The van der Waals surface area contributed by atoms with Crippen molar-refractivity contribution in [3.8, 4) is 0 Å². The number of nitrogens with zero attached hydrogens (tertiary/aromatic N) is 2. The van der Waals surface area contributed by atoms with Crippen molar-refractivity contribution < 1.29 is 9.18 Å². The molecule has 3 rings (SSSR count). The predicted octanol–water partition coefficient (Wildman–Crippen LogP) is 1.36. The zero-order valence-corrected chi connectivity index (χ0v) is 9.69. The maximum absolute atomic E-state index is 13.5. The minimum atomic E-state index is -0.254. The molecule has 1 N–H and O–H groups in total. The van der Waals surface area contributed by atoms with Gasteiger partial charge in [-0.1, -0.05) is 18.2 Å². The molecular weight excluding hydrogens is 233 g/mol. The lowest BCUT2D eigenvalue weighted by Crippen LogP contribution is -2.31. The van der Waals surface area contributed by atoms with Crippen molar-refractivity contribution in [2.45, 2.75) is 13.0 Å². The van der Waals surface area contributed by atoms with E-state index >= 15 is 0 Å². The summed E-state index contributed by atoms with van der Waals surface area (Å²) < 4.78 is 15.1. The molecular formula is C13H12FN3O. The summed E-state index contributed by atoms with van der Waals surface area (Å²) in [5.41, 5.74) is 1.95. The van der Waals surface area contributed by atoms with E-state index < -0.39 is 0 Å². The monoisotopic (exact) mass is 245 g/mol. The predicted molar refractivity (Wildman–Crippen MR) is 63.8 cm³/mol. The van der Waals surface area contributed by atoms with Crippen LogP contribution < -0.4 is 5.32 Å². The van der Waals surface area contributed by atoms with Gasteiger partial charge in [0.2, 0.25) is 0 Å². The van der Waals surface area contributed by atoms with Crippen molar-refractivity contribution in [3.63, 3.8) is 0 Å². The van der Waals surface area contributed by atoms with E-state index in [-0.39, 0.29) is 11.7 Å². The lowest BCUT2D eigenvalue weighted by Gasteiger charge is -2.09. The molecule has 1 aromatic carbocycles. The Labute approximate surface area is 103 Å². The topological polar surface area (TPSA) is 46.9 Å². The van der Waals surface area contributed by atoms with Crippen LogP contribution >= 0.6 is 0 Å². The summed E-state index contributed by atoms with van der Waals surface area (Å²) >= 11 is 0. The normalized spacial score (nSPS) is 14.2. The fraction of sp³-hybridized carbons (Fsp3) is 0.231. The molecule has 5 heteroatoms. The van der Waals surface area contributed by atoms with Crippen LogP contribution in [0.3, 0.4) is 0 Å². The van der Waals surface area contributed by atoms with E-state index in [1.54, 1.807) is 22.9 Å². The van der Waals surface area contributed by atoms with Gasteiger partial charge in [-0.05, 0) is 12.5 Å². The first-order valence-electron chi connectivity index (χ1n) is 5.82. The molecule has 1 amide bonds. The number of amides is 1. The third kappa shape index (κ3) is 1.88. The van der Waals surface area contributed by atoms with Gasteiger partial charge in [0.25, 0.3) is 5.91 Å². The molecule has 92 valence electrons. The Morgan fingerprint density at radius 1 is 1.39 bits per heavy atom. The van der Waals surface area contributed by atoms with Gasteiger partial charge in [0.1, 0.15) is 5.82 Å². The summed E-state index contributed by atoms with van der Waals surface area (Å²) in [7, 11) is 0. The van der Waals surface area contributed by atoms with Crippen LogP contribution in [0.1, 0.15) is 21.6 Å². The van der Waals surface area contributed by atoms with Crippen LogP contribution in [-0.4, -0.2) is 22.2 Å². The summed E-state index contributed by atoms with van der Waals surface area (Å²) in [4.78, 5) is 11.6. The van der Waals surface area contributed by atoms with Crippen molar-refractivity contribution in [2.75, 3.05) is 6.54 Å². The zero-order valence-electron chi connectivity index (χ0n) is 9.69. The standard InChI is InChI=1S/C13H12FN3O/c14-11-4-2-1-3-9(11)7-17-8-10-5-6-15-13(18)12(10)16-17/h1-4,8H,5-7H2,(H,15,18). The minimum absolute atomic E-state index is 0.150. The molecule has 4 nitrogen and oxygen atoms in total. The summed E-state index contributed by atoms with van der Waals surface area (Å²) in [6.07, 6.45) is 2.60. The van der Waals surface area contributed by atoms with E-state index in [1.165, 1.54) is 6.07 Å². The molecule has 1 aliphatic rings. The molecule has 0 radical (unpaired) electrons. The van der Waals surface area contributed by atoms with E-state index in [2.05, 4.69) is 10.4 Å². The number of nitrogens with one attached hydrogen (secondary N) is 1. The van der Waals surface area contributed by atoms with Gasteiger partial charge in [-0.25, -0.2) is 4.39 Å². The third-order valence-electron chi connectivity index (χ3n) is 3.02. The Morgan fingerprint density at radius 3 is 3.00 bits per heavy atom. The number of aromatic nitrogens is 2. The number of hydrogen-bond acceptors (Lipinski definition) is 2. The molecule has 0 spiro atoms. The highest BCUT2D eigenvalue weighted by atomic mass is 19.1. The lowest BCUT2D eigenvalue weighted by atomic mass is 10.1. The second-order valence-corrected chi connectivity index (χ2v) is 4.30. The molecule has 18 heavy (non-hydrogen) atoms. The van der Waals surface area contributed by atoms with Crippen LogP contribution in [0.2, 0.25) is 0 Å². The molecule has 0 bridgehead atoms. The third-order valence-corrected chi connectivity index (χ3v) is 3.02. The maximum atomic E-state index is 13.5. The van der Waals surface area contributed by atoms with Gasteiger partial charge >= 0.3 is 0 Å². The number of rotatable bonds is 2. The molecule has 2 heterocycles. The van der Waals surface area contributed by atoms with Crippen LogP contribution in [0.15, 0.2) is 30.5 Å². The number of hydrogen-bond donors (Lipinski definition) is 1. The molecule has 1 aromatic heterocycles. The number of carbonyl (C=O) groups excluding carboxylic acids is 1. The van der Waals surface area contributed by atoms with Crippen LogP contribution in [0, 0.1) is 5.82 Å². The molecule has 0 fully saturated rings. The minimum Gasteiger partial charge on any atom is -0.350 e. The van der Waals surface area contributed by atoms with Gasteiger partial charge in [0.15, 0.2) is 5.69 Å². The molecule has 0 unspecified atom stereocenters. The molecule has 2 aromatic rings. The highest BCUT2D eigenvalue weighted by molar-refractivity contribution is 5.94. The highest BCUT2D eigenvalue weighted by Gasteiger charge is 2.20. The van der Waals surface area contributed by atoms with Crippen molar-refractivity contribution >= 4 is 5.91 Å². The van der Waals surface area contributed by atoms with Gasteiger partial charge < -0.3 is 5.32 Å². The van der Waals surface area contributed by atoms with Crippen LogP contribution in [-0.2, 0) is 13.0 Å². The van der Waals surface area contributed by atoms with Crippen LogP contribution in [0.4, 0.5) is 4.39 Å². The summed E-state index contributed by atoms with van der Waals surface area (Å²) in [5.74, 6) is -0.404. The first kappa shape index (κ1) is 11.0. The van der Waals surface area contributed by atoms with E-state index in [9.17, 15) is 9.18 Å². The smallest absolute Gasteiger partial charge is 0.272 e. The first-order valence-corrected chi connectivity index (χ1v) is 5.82. The fourth-order valence-electron chi connectivity index (χ4n) is 2.11. The summed E-state index contributed by atoms with van der Waals surface area (Å²) in [6, 6.07) is 6.58. The molecule has 0 aliphatic carbocycles. The Balaban J connectivity index is 1.90. The second kappa shape index (κ2) is 4.25. The maximum Gasteiger partial charge on any atom is 0.272 e. The number of carbonyl (C=O) groups is 1. The van der Waals surface area contributed by atoms with Gasteiger partial charge in [-0.2, -0.15) is 5.10 Å². The Kier molecular flexibility index (Phi) is 2.59. The van der Waals surface area contributed by atoms with Crippen molar-refractivity contribution in [2.24, 2.45) is 0 Å². The Morgan fingerprint density at radius 2 is 2.22 bits per heavy atom. The van der Waals surface area contributed by atoms with Crippen molar-refractivity contribution in [1.82, 2.24) is 15.1 Å². The summed E-state index contributed by atoms with van der Waals surface area (Å²) in [5, 5.41) is 6.94. The molecule has 0 atom stereocenters. The Hall–Kier alpha value is -2.17. The van der Waals surface area contributed by atoms with Crippen molar-refractivity contribution in [3.05, 3.63) is 53.1 Å². The highest BCUT2D eigenvalue weighted by Crippen LogP contribution is 2.14. The quantitative estimate of drug-likeness (QED) is 0.868. The Bertz CT molecular complexity index is 606. The zero-order chi connectivity index (χ0) is 12.5. The van der Waals surface area contributed by atoms with Gasteiger partial charge in [-0.3, -0.25) is 9.48 Å². The lowest BCUT2D eigenvalue weighted by molar-refractivity contribution is 0.0940. The van der Waals surface area contributed by atoms with Crippen molar-refractivity contribution in [1.29, 1.82) is 0 Å². The number of halogens is 1. The largest absolute Gasteiger partial charge is 0.350 e. The van der Waals surface area contributed by atoms with E-state index in [0.29, 0.717) is 24.3 Å². The number of fused-ring (bicyclic) bond motifs is 1. The van der Waals surface area contributed by atoms with Gasteiger partial charge in [0, 0.05) is 23.9 Å². The molecule has 1 aliphatic heterocycles. The van der Waals surface area contributed by atoms with Gasteiger partial charge in [-0.15, -0.1) is 0 Å². The van der Waals surface area contributed by atoms with E-state index in [4.69, 9.17) is 0 Å². The van der Waals surface area contributed by atoms with E-state index in [1.807, 2.05) is 6.20 Å². The first-order chi connectivity index (χ1) is 8.74. The van der Waals surface area contributed by atoms with E-state index in [0.717, 1.165) is 12.0 Å². The van der Waals surface area contributed by atoms with Gasteiger partial charge in [0.05, 0.1) is 6.54 Å². The average Bonchev–Trinajstić information content (AvgIpc) is 2.76. The number of benzene rings is 1.